The smallest absolute Gasteiger partial charge is 0.124 e. The van der Waals surface area contributed by atoms with Crippen LogP contribution >= 0.6 is 0 Å². The number of likely N-dealkylation sites (tertiary alicyclic amines) is 1. The summed E-state index contributed by atoms with van der Waals surface area (Å²) in [6.07, 6.45) is 2.77. The lowest BCUT2D eigenvalue weighted by atomic mass is 10.0. The molecule has 1 aliphatic heterocycles. The van der Waals surface area contributed by atoms with E-state index in [1.807, 2.05) is 18.2 Å². The van der Waals surface area contributed by atoms with Gasteiger partial charge in [0.1, 0.15) is 11.5 Å². The minimum atomic E-state index is -0.509. The van der Waals surface area contributed by atoms with E-state index in [9.17, 15) is 5.11 Å². The van der Waals surface area contributed by atoms with E-state index in [1.54, 1.807) is 14.2 Å². The summed E-state index contributed by atoms with van der Waals surface area (Å²) in [6, 6.07) is 5.54. The van der Waals surface area contributed by atoms with Crippen molar-refractivity contribution in [2.24, 2.45) is 0 Å². The lowest BCUT2D eigenvalue weighted by molar-refractivity contribution is 0.145. The van der Waals surface area contributed by atoms with Gasteiger partial charge in [0.15, 0.2) is 0 Å². The van der Waals surface area contributed by atoms with E-state index >= 15 is 0 Å². The van der Waals surface area contributed by atoms with Gasteiger partial charge in [-0.1, -0.05) is 0 Å². The molecule has 2 rings (SSSR count). The predicted molar refractivity (Wildman–Crippen MR) is 74.8 cm³/mol. The van der Waals surface area contributed by atoms with Crippen molar-refractivity contribution in [3.05, 3.63) is 23.8 Å². The van der Waals surface area contributed by atoms with Gasteiger partial charge < -0.3 is 19.5 Å². The summed E-state index contributed by atoms with van der Waals surface area (Å²) in [5, 5.41) is 10.4. The monoisotopic (exact) mass is 265 g/mol. The maximum atomic E-state index is 10.4. The Kier molecular flexibility index (Phi) is 5.05. The summed E-state index contributed by atoms with van der Waals surface area (Å²) in [5.74, 6) is 1.46. The van der Waals surface area contributed by atoms with E-state index in [0.29, 0.717) is 0 Å². The molecule has 0 spiro atoms. The molecule has 0 radical (unpaired) electrons. The third-order valence-corrected chi connectivity index (χ3v) is 3.71. The van der Waals surface area contributed by atoms with Crippen LogP contribution in [0.15, 0.2) is 18.2 Å². The molecule has 1 aromatic carbocycles. The van der Waals surface area contributed by atoms with Gasteiger partial charge in [0, 0.05) is 12.1 Å². The number of ether oxygens (including phenoxy) is 2. The first kappa shape index (κ1) is 14.2. The van der Waals surface area contributed by atoms with Crippen LogP contribution in [-0.4, -0.2) is 43.9 Å². The maximum absolute atomic E-state index is 10.4. The Morgan fingerprint density at radius 1 is 1.21 bits per heavy atom. The largest absolute Gasteiger partial charge is 0.497 e. The van der Waals surface area contributed by atoms with Crippen molar-refractivity contribution in [3.63, 3.8) is 0 Å². The van der Waals surface area contributed by atoms with Gasteiger partial charge in [-0.2, -0.15) is 0 Å². The second-order valence-electron chi connectivity index (χ2n) is 4.96. The van der Waals surface area contributed by atoms with Crippen LogP contribution in [0.5, 0.6) is 11.5 Å². The summed E-state index contributed by atoms with van der Waals surface area (Å²) in [4.78, 5) is 2.40. The quantitative estimate of drug-likeness (QED) is 0.856. The number of aliphatic hydroxyl groups excluding tert-OH is 1. The summed E-state index contributed by atoms with van der Waals surface area (Å²) >= 11 is 0. The molecule has 106 valence electrons. The topological polar surface area (TPSA) is 41.9 Å². The Morgan fingerprint density at radius 2 is 1.95 bits per heavy atom. The lowest BCUT2D eigenvalue weighted by Crippen LogP contribution is -2.22. The van der Waals surface area contributed by atoms with E-state index < -0.39 is 6.10 Å². The molecule has 0 amide bonds. The minimum absolute atomic E-state index is 0.509. The third-order valence-electron chi connectivity index (χ3n) is 3.71. The standard InChI is InChI=1S/C15H23NO3/c1-18-12-5-6-15(19-2)13(11-12)14(17)7-10-16-8-3-4-9-16/h5-6,11,14,17H,3-4,7-10H2,1-2H3. The van der Waals surface area contributed by atoms with E-state index in [1.165, 1.54) is 12.8 Å². The van der Waals surface area contributed by atoms with Crippen LogP contribution in [0.3, 0.4) is 0 Å². The first-order valence-corrected chi connectivity index (χ1v) is 6.87. The number of aliphatic hydroxyl groups is 1. The maximum Gasteiger partial charge on any atom is 0.124 e. The van der Waals surface area contributed by atoms with Crippen LogP contribution < -0.4 is 9.47 Å². The molecule has 1 atom stereocenters. The number of methoxy groups -OCH3 is 2. The Labute approximate surface area is 114 Å². The van der Waals surface area contributed by atoms with E-state index in [2.05, 4.69) is 4.90 Å². The summed E-state index contributed by atoms with van der Waals surface area (Å²) < 4.78 is 10.5. The molecule has 19 heavy (non-hydrogen) atoms. The second kappa shape index (κ2) is 6.78. The van der Waals surface area contributed by atoms with E-state index in [4.69, 9.17) is 9.47 Å². The molecule has 0 aromatic heterocycles. The Hall–Kier alpha value is -1.26. The molecule has 1 N–H and O–H groups in total. The van der Waals surface area contributed by atoms with Crippen molar-refractivity contribution in [2.75, 3.05) is 33.9 Å². The second-order valence-corrected chi connectivity index (χ2v) is 4.96. The van der Waals surface area contributed by atoms with Gasteiger partial charge in [0.25, 0.3) is 0 Å². The van der Waals surface area contributed by atoms with Crippen LogP contribution in [0, 0.1) is 0 Å². The van der Waals surface area contributed by atoms with Crippen LogP contribution in [0.2, 0.25) is 0 Å². The number of nitrogens with zero attached hydrogens (tertiary/aromatic N) is 1. The van der Waals surface area contributed by atoms with Crippen molar-refractivity contribution in [1.29, 1.82) is 0 Å². The zero-order chi connectivity index (χ0) is 13.7. The normalized spacial score (nSPS) is 17.4. The van der Waals surface area contributed by atoms with Crippen LogP contribution in [-0.2, 0) is 0 Å². The van der Waals surface area contributed by atoms with Gasteiger partial charge in [0.05, 0.1) is 20.3 Å². The highest BCUT2D eigenvalue weighted by Gasteiger charge is 2.17. The summed E-state index contributed by atoms with van der Waals surface area (Å²) in [7, 11) is 3.25. The average molecular weight is 265 g/mol. The zero-order valence-electron chi connectivity index (χ0n) is 11.8. The van der Waals surface area contributed by atoms with Gasteiger partial charge in [-0.25, -0.2) is 0 Å². The SMILES string of the molecule is COc1ccc(OC)c(C(O)CCN2CCCC2)c1. The molecule has 1 heterocycles. The van der Waals surface area contributed by atoms with Gasteiger partial charge in [-0.15, -0.1) is 0 Å². The third kappa shape index (κ3) is 3.61. The van der Waals surface area contributed by atoms with Gasteiger partial charge in [-0.05, 0) is 50.6 Å². The van der Waals surface area contributed by atoms with Crippen molar-refractivity contribution >= 4 is 0 Å². The molecule has 4 heteroatoms. The molecule has 1 aliphatic rings. The Morgan fingerprint density at radius 3 is 2.58 bits per heavy atom. The highest BCUT2D eigenvalue weighted by molar-refractivity contribution is 5.41. The molecule has 1 aromatic rings. The van der Waals surface area contributed by atoms with Gasteiger partial charge >= 0.3 is 0 Å². The first-order valence-electron chi connectivity index (χ1n) is 6.87. The highest BCUT2D eigenvalue weighted by Crippen LogP contribution is 2.31. The Bertz CT molecular complexity index is 402. The fourth-order valence-electron chi connectivity index (χ4n) is 2.57. The molecule has 0 saturated carbocycles. The first-order chi connectivity index (χ1) is 9.24. The molecule has 1 fully saturated rings. The van der Waals surface area contributed by atoms with Crippen molar-refractivity contribution in [2.45, 2.75) is 25.4 Å². The summed E-state index contributed by atoms with van der Waals surface area (Å²) in [5.41, 5.74) is 0.807. The van der Waals surface area contributed by atoms with Crippen molar-refractivity contribution in [1.82, 2.24) is 4.90 Å². The molecule has 1 unspecified atom stereocenters. The summed E-state index contributed by atoms with van der Waals surface area (Å²) in [6.45, 7) is 3.24. The zero-order valence-corrected chi connectivity index (χ0v) is 11.8. The van der Waals surface area contributed by atoms with Gasteiger partial charge in [-0.3, -0.25) is 0 Å². The number of hydrogen-bond donors (Lipinski definition) is 1. The minimum Gasteiger partial charge on any atom is -0.497 e. The molecule has 0 bridgehead atoms. The fraction of sp³-hybridized carbons (Fsp3) is 0.600. The van der Waals surface area contributed by atoms with Gasteiger partial charge in [0.2, 0.25) is 0 Å². The molecule has 4 nitrogen and oxygen atoms in total. The van der Waals surface area contributed by atoms with E-state index in [0.717, 1.165) is 43.1 Å². The highest BCUT2D eigenvalue weighted by atomic mass is 16.5. The number of rotatable bonds is 6. The predicted octanol–water partition coefficient (Wildman–Crippen LogP) is 2.22. The number of hydrogen-bond acceptors (Lipinski definition) is 4. The Balaban J connectivity index is 2.01. The average Bonchev–Trinajstić information content (AvgIpc) is 2.97. The number of benzene rings is 1. The van der Waals surface area contributed by atoms with E-state index in [-0.39, 0.29) is 0 Å². The van der Waals surface area contributed by atoms with Crippen LogP contribution in [0.4, 0.5) is 0 Å². The molecular formula is C15H23NO3. The fourth-order valence-corrected chi connectivity index (χ4v) is 2.57. The molecule has 1 saturated heterocycles. The van der Waals surface area contributed by atoms with Crippen LogP contribution in [0.25, 0.3) is 0 Å². The van der Waals surface area contributed by atoms with Crippen LogP contribution in [0.1, 0.15) is 30.9 Å². The molecule has 0 aliphatic carbocycles. The lowest BCUT2D eigenvalue weighted by Gasteiger charge is -2.19. The molecular weight excluding hydrogens is 242 g/mol. The van der Waals surface area contributed by atoms with Crippen molar-refractivity contribution in [3.8, 4) is 11.5 Å². The van der Waals surface area contributed by atoms with Crippen molar-refractivity contribution < 1.29 is 14.6 Å².